The Balaban J connectivity index is 1.72. The quantitative estimate of drug-likeness (QED) is 0.447. The van der Waals surface area contributed by atoms with Crippen molar-refractivity contribution in [1.29, 1.82) is 0 Å². The first-order valence-corrected chi connectivity index (χ1v) is 9.09. The molecule has 0 aliphatic carbocycles. The van der Waals surface area contributed by atoms with Crippen molar-refractivity contribution in [2.24, 2.45) is 0 Å². The number of benzene rings is 1. The Morgan fingerprint density at radius 1 is 1.21 bits per heavy atom. The lowest BCUT2D eigenvalue weighted by Gasteiger charge is -2.13. The molecular formula is C20H22N2O6. The topological polar surface area (TPSA) is 115 Å². The Morgan fingerprint density at radius 2 is 1.96 bits per heavy atom. The molecule has 1 aliphatic rings. The molecule has 2 aromatic rings. The van der Waals surface area contributed by atoms with Crippen LogP contribution in [0.25, 0.3) is 11.0 Å². The SMILES string of the molecule is Cc1cc2oc(=O)cc(COC(=O)CCC3NC(=O)NC3=O)c2cc1C(C)C. The normalized spacial score (nSPS) is 16.4. The molecule has 1 atom stereocenters. The first-order valence-electron chi connectivity index (χ1n) is 9.09. The number of carbonyl (C=O) groups excluding carboxylic acids is 3. The van der Waals surface area contributed by atoms with Crippen LogP contribution in [0.4, 0.5) is 4.79 Å². The molecule has 8 nitrogen and oxygen atoms in total. The Hall–Kier alpha value is -3.16. The molecule has 3 rings (SSSR count). The number of esters is 1. The van der Waals surface area contributed by atoms with E-state index in [1.54, 1.807) is 0 Å². The summed E-state index contributed by atoms with van der Waals surface area (Å²) in [5.74, 6) is -0.688. The minimum Gasteiger partial charge on any atom is -0.461 e. The van der Waals surface area contributed by atoms with E-state index in [0.29, 0.717) is 17.1 Å². The van der Waals surface area contributed by atoms with Gasteiger partial charge in [-0.05, 0) is 42.5 Å². The Kier molecular flexibility index (Phi) is 5.48. The second-order valence-electron chi connectivity index (χ2n) is 7.16. The van der Waals surface area contributed by atoms with E-state index in [9.17, 15) is 19.2 Å². The van der Waals surface area contributed by atoms with Crippen LogP contribution >= 0.6 is 0 Å². The fourth-order valence-corrected chi connectivity index (χ4v) is 3.29. The summed E-state index contributed by atoms with van der Waals surface area (Å²) < 4.78 is 10.6. The molecule has 148 valence electrons. The number of aryl methyl sites for hydroxylation is 1. The number of amides is 3. The maximum atomic E-state index is 12.0. The molecule has 0 radical (unpaired) electrons. The first kappa shape index (κ1) is 19.6. The fraction of sp³-hybridized carbons (Fsp3) is 0.400. The summed E-state index contributed by atoms with van der Waals surface area (Å²) in [6.45, 7) is 6.03. The average Bonchev–Trinajstić information content (AvgIpc) is 2.94. The van der Waals surface area contributed by atoms with Gasteiger partial charge in [-0.1, -0.05) is 13.8 Å². The number of fused-ring (bicyclic) bond motifs is 1. The standard InChI is InChI=1S/C20H22N2O6/c1-10(2)13-8-14-12(7-18(24)28-16(14)6-11(13)3)9-27-17(23)5-4-15-19(25)22-20(26)21-15/h6-8,10,15H,4-5,9H2,1-3H3,(H2,21,22,25,26). The molecule has 1 aliphatic heterocycles. The van der Waals surface area contributed by atoms with Gasteiger partial charge in [-0.3, -0.25) is 14.9 Å². The monoisotopic (exact) mass is 386 g/mol. The first-order chi connectivity index (χ1) is 13.2. The minimum atomic E-state index is -0.735. The van der Waals surface area contributed by atoms with Crippen LogP contribution in [-0.4, -0.2) is 23.9 Å². The van der Waals surface area contributed by atoms with Crippen molar-refractivity contribution in [1.82, 2.24) is 10.6 Å². The lowest BCUT2D eigenvalue weighted by molar-refractivity contribution is -0.145. The second-order valence-corrected chi connectivity index (χ2v) is 7.16. The Labute approximate surface area is 161 Å². The van der Waals surface area contributed by atoms with E-state index < -0.39 is 29.6 Å². The van der Waals surface area contributed by atoms with Gasteiger partial charge in [0.1, 0.15) is 18.2 Å². The molecule has 0 saturated carbocycles. The molecule has 1 aromatic carbocycles. The molecule has 0 spiro atoms. The number of nitrogens with one attached hydrogen (secondary N) is 2. The zero-order valence-corrected chi connectivity index (χ0v) is 16.0. The van der Waals surface area contributed by atoms with Crippen LogP contribution in [0.15, 0.2) is 27.4 Å². The lowest BCUT2D eigenvalue weighted by Crippen LogP contribution is -2.29. The largest absolute Gasteiger partial charge is 0.461 e. The van der Waals surface area contributed by atoms with Crippen LogP contribution < -0.4 is 16.3 Å². The predicted octanol–water partition coefficient (Wildman–Crippen LogP) is 2.26. The molecule has 3 amide bonds. The lowest BCUT2D eigenvalue weighted by atomic mass is 9.95. The highest BCUT2D eigenvalue weighted by Crippen LogP contribution is 2.27. The molecular weight excluding hydrogens is 364 g/mol. The summed E-state index contributed by atoms with van der Waals surface area (Å²) in [7, 11) is 0. The molecule has 1 fully saturated rings. The molecule has 28 heavy (non-hydrogen) atoms. The third-order valence-corrected chi connectivity index (χ3v) is 4.72. The minimum absolute atomic E-state index is 0.0336. The van der Waals surface area contributed by atoms with E-state index in [-0.39, 0.29) is 19.4 Å². The molecule has 2 N–H and O–H groups in total. The van der Waals surface area contributed by atoms with Crippen molar-refractivity contribution >= 4 is 28.9 Å². The third-order valence-electron chi connectivity index (χ3n) is 4.72. The van der Waals surface area contributed by atoms with E-state index >= 15 is 0 Å². The van der Waals surface area contributed by atoms with E-state index in [1.165, 1.54) is 6.07 Å². The average molecular weight is 386 g/mol. The number of carbonyl (C=O) groups is 3. The van der Waals surface area contributed by atoms with Crippen LogP contribution in [0.2, 0.25) is 0 Å². The molecule has 8 heteroatoms. The van der Waals surface area contributed by atoms with Crippen molar-refractivity contribution in [3.05, 3.63) is 45.3 Å². The van der Waals surface area contributed by atoms with Crippen LogP contribution in [0.3, 0.4) is 0 Å². The summed E-state index contributed by atoms with van der Waals surface area (Å²) in [5, 5.41) is 5.26. The van der Waals surface area contributed by atoms with E-state index in [2.05, 4.69) is 24.5 Å². The highest BCUT2D eigenvalue weighted by atomic mass is 16.5. The number of rotatable bonds is 6. The Bertz CT molecular complexity index is 1010. The number of imide groups is 1. The smallest absolute Gasteiger partial charge is 0.336 e. The maximum absolute atomic E-state index is 12.0. The van der Waals surface area contributed by atoms with Gasteiger partial charge in [0.05, 0.1) is 0 Å². The summed E-state index contributed by atoms with van der Waals surface area (Å²) in [6, 6.07) is 3.79. The van der Waals surface area contributed by atoms with Gasteiger partial charge in [0.2, 0.25) is 0 Å². The number of urea groups is 1. The summed E-state index contributed by atoms with van der Waals surface area (Å²) >= 11 is 0. The molecule has 1 aromatic heterocycles. The van der Waals surface area contributed by atoms with Gasteiger partial charge < -0.3 is 14.5 Å². The molecule has 1 saturated heterocycles. The van der Waals surface area contributed by atoms with E-state index in [0.717, 1.165) is 16.5 Å². The maximum Gasteiger partial charge on any atom is 0.336 e. The highest BCUT2D eigenvalue weighted by molar-refractivity contribution is 6.04. The summed E-state index contributed by atoms with van der Waals surface area (Å²) in [4.78, 5) is 46.5. The summed E-state index contributed by atoms with van der Waals surface area (Å²) in [5.41, 5.74) is 2.65. The molecule has 1 unspecified atom stereocenters. The van der Waals surface area contributed by atoms with Gasteiger partial charge in [-0.2, -0.15) is 0 Å². The van der Waals surface area contributed by atoms with Crippen molar-refractivity contribution in [3.8, 4) is 0 Å². The fourth-order valence-electron chi connectivity index (χ4n) is 3.29. The van der Waals surface area contributed by atoms with Gasteiger partial charge in [0, 0.05) is 23.4 Å². The summed E-state index contributed by atoms with van der Waals surface area (Å²) in [6.07, 6.45) is 0.110. The van der Waals surface area contributed by atoms with Gasteiger partial charge in [0.15, 0.2) is 0 Å². The van der Waals surface area contributed by atoms with Crippen LogP contribution in [0, 0.1) is 6.92 Å². The van der Waals surface area contributed by atoms with Crippen molar-refractivity contribution in [2.45, 2.75) is 52.2 Å². The zero-order valence-electron chi connectivity index (χ0n) is 16.0. The van der Waals surface area contributed by atoms with Gasteiger partial charge in [-0.25, -0.2) is 9.59 Å². The van der Waals surface area contributed by atoms with Gasteiger partial charge >= 0.3 is 17.6 Å². The van der Waals surface area contributed by atoms with Crippen LogP contribution in [0.5, 0.6) is 0 Å². The van der Waals surface area contributed by atoms with Crippen molar-refractivity contribution in [2.75, 3.05) is 0 Å². The van der Waals surface area contributed by atoms with Crippen molar-refractivity contribution in [3.63, 3.8) is 0 Å². The molecule has 0 bridgehead atoms. The Morgan fingerprint density at radius 3 is 2.61 bits per heavy atom. The molecule has 2 heterocycles. The number of hydrogen-bond donors (Lipinski definition) is 2. The zero-order chi connectivity index (χ0) is 20.4. The van der Waals surface area contributed by atoms with Gasteiger partial charge in [-0.15, -0.1) is 0 Å². The van der Waals surface area contributed by atoms with Crippen LogP contribution in [0.1, 0.15) is 49.3 Å². The number of hydrogen-bond acceptors (Lipinski definition) is 6. The third kappa shape index (κ3) is 4.21. The van der Waals surface area contributed by atoms with Crippen molar-refractivity contribution < 1.29 is 23.5 Å². The van der Waals surface area contributed by atoms with Crippen LogP contribution in [-0.2, 0) is 20.9 Å². The van der Waals surface area contributed by atoms with E-state index in [4.69, 9.17) is 9.15 Å². The second kappa shape index (κ2) is 7.84. The number of ether oxygens (including phenoxy) is 1. The predicted molar refractivity (Wildman–Crippen MR) is 101 cm³/mol. The highest BCUT2D eigenvalue weighted by Gasteiger charge is 2.29. The van der Waals surface area contributed by atoms with Gasteiger partial charge in [0.25, 0.3) is 5.91 Å². The van der Waals surface area contributed by atoms with E-state index in [1.807, 2.05) is 19.1 Å².